The van der Waals surface area contributed by atoms with E-state index < -0.39 is 0 Å². The lowest BCUT2D eigenvalue weighted by molar-refractivity contribution is -0.121. The van der Waals surface area contributed by atoms with Crippen LogP contribution in [0.2, 0.25) is 0 Å². The second-order valence-corrected chi connectivity index (χ2v) is 5.07. The van der Waals surface area contributed by atoms with E-state index in [-0.39, 0.29) is 5.91 Å². The fourth-order valence-electron chi connectivity index (χ4n) is 2.15. The monoisotopic (exact) mass is 313 g/mol. The number of amides is 1. The minimum Gasteiger partial charge on any atom is -0.493 e. The van der Waals surface area contributed by atoms with Crippen molar-refractivity contribution in [3.63, 3.8) is 0 Å². The zero-order chi connectivity index (χ0) is 16.3. The first-order valence-corrected chi connectivity index (χ1v) is 7.95. The second kappa shape index (κ2) is 9.51. The highest BCUT2D eigenvalue weighted by Gasteiger charge is 2.03. The molecule has 122 valence electrons. The normalized spacial score (nSPS) is 10.1. The molecule has 0 fully saturated rings. The number of rotatable bonds is 9. The van der Waals surface area contributed by atoms with Crippen molar-refractivity contribution in [2.45, 2.75) is 19.8 Å². The van der Waals surface area contributed by atoms with Crippen LogP contribution < -0.4 is 14.8 Å². The van der Waals surface area contributed by atoms with E-state index in [9.17, 15) is 4.79 Å². The van der Waals surface area contributed by atoms with Gasteiger partial charge in [-0.1, -0.05) is 43.3 Å². The van der Waals surface area contributed by atoms with Crippen molar-refractivity contribution in [2.24, 2.45) is 0 Å². The molecule has 0 atom stereocenters. The molecule has 0 aliphatic heterocycles. The van der Waals surface area contributed by atoms with Gasteiger partial charge in [-0.15, -0.1) is 0 Å². The van der Waals surface area contributed by atoms with Crippen LogP contribution in [0.5, 0.6) is 11.5 Å². The van der Waals surface area contributed by atoms with Gasteiger partial charge < -0.3 is 14.8 Å². The number of hydrogen-bond donors (Lipinski definition) is 1. The standard InChI is InChI=1S/C19H23NO3/c1-2-16-8-6-7-11-18(16)23-15-13-20-19(21)12-14-22-17-9-4-3-5-10-17/h3-11H,2,12-15H2,1H3,(H,20,21). The highest BCUT2D eigenvalue weighted by molar-refractivity contribution is 5.75. The van der Waals surface area contributed by atoms with E-state index in [4.69, 9.17) is 9.47 Å². The Hall–Kier alpha value is -2.49. The van der Waals surface area contributed by atoms with Crippen LogP contribution in [0.4, 0.5) is 0 Å². The Bertz CT molecular complexity index is 599. The summed E-state index contributed by atoms with van der Waals surface area (Å²) in [5.41, 5.74) is 1.18. The SMILES string of the molecule is CCc1ccccc1OCCNC(=O)CCOc1ccccc1. The van der Waals surface area contributed by atoms with Gasteiger partial charge in [-0.25, -0.2) is 0 Å². The number of nitrogens with one attached hydrogen (secondary N) is 1. The molecule has 2 rings (SSSR count). The lowest BCUT2D eigenvalue weighted by Crippen LogP contribution is -2.29. The maximum atomic E-state index is 11.7. The van der Waals surface area contributed by atoms with Gasteiger partial charge >= 0.3 is 0 Å². The fraction of sp³-hybridized carbons (Fsp3) is 0.316. The molecule has 2 aromatic rings. The Morgan fingerprint density at radius 2 is 1.70 bits per heavy atom. The second-order valence-electron chi connectivity index (χ2n) is 5.07. The summed E-state index contributed by atoms with van der Waals surface area (Å²) in [6, 6.07) is 17.4. The highest BCUT2D eigenvalue weighted by atomic mass is 16.5. The molecular weight excluding hydrogens is 290 g/mol. The van der Waals surface area contributed by atoms with Crippen molar-refractivity contribution in [3.8, 4) is 11.5 Å². The number of para-hydroxylation sites is 2. The quantitative estimate of drug-likeness (QED) is 0.723. The van der Waals surface area contributed by atoms with Gasteiger partial charge in [0.15, 0.2) is 0 Å². The molecule has 0 aliphatic rings. The maximum absolute atomic E-state index is 11.7. The number of carbonyl (C=O) groups is 1. The molecule has 0 saturated carbocycles. The van der Waals surface area contributed by atoms with E-state index in [2.05, 4.69) is 18.3 Å². The van der Waals surface area contributed by atoms with E-state index in [1.54, 1.807) is 0 Å². The van der Waals surface area contributed by atoms with Crippen LogP contribution in [-0.2, 0) is 11.2 Å². The lowest BCUT2D eigenvalue weighted by Gasteiger charge is -2.11. The van der Waals surface area contributed by atoms with Crippen LogP contribution in [0.15, 0.2) is 54.6 Å². The number of hydrogen-bond acceptors (Lipinski definition) is 3. The Morgan fingerprint density at radius 3 is 2.48 bits per heavy atom. The van der Waals surface area contributed by atoms with Gasteiger partial charge in [-0.2, -0.15) is 0 Å². The molecule has 0 aliphatic carbocycles. The Kier molecular flexibility index (Phi) is 6.98. The third-order valence-electron chi connectivity index (χ3n) is 3.38. The average molecular weight is 313 g/mol. The maximum Gasteiger partial charge on any atom is 0.223 e. The molecule has 0 aromatic heterocycles. The minimum absolute atomic E-state index is 0.0340. The summed E-state index contributed by atoms with van der Waals surface area (Å²) < 4.78 is 11.2. The molecule has 1 amide bonds. The molecule has 23 heavy (non-hydrogen) atoms. The summed E-state index contributed by atoms with van der Waals surface area (Å²) in [5.74, 6) is 1.63. The van der Waals surface area contributed by atoms with Crippen molar-refractivity contribution in [2.75, 3.05) is 19.8 Å². The number of benzene rings is 2. The topological polar surface area (TPSA) is 47.6 Å². The molecule has 0 saturated heterocycles. The molecule has 4 nitrogen and oxygen atoms in total. The molecule has 0 radical (unpaired) electrons. The van der Waals surface area contributed by atoms with Crippen LogP contribution >= 0.6 is 0 Å². The van der Waals surface area contributed by atoms with Crippen molar-refractivity contribution >= 4 is 5.91 Å². The molecule has 0 bridgehead atoms. The molecular formula is C19H23NO3. The Morgan fingerprint density at radius 1 is 0.957 bits per heavy atom. The largest absolute Gasteiger partial charge is 0.493 e. The van der Waals surface area contributed by atoms with Gasteiger partial charge in [0.25, 0.3) is 0 Å². The molecule has 2 aromatic carbocycles. The van der Waals surface area contributed by atoms with Gasteiger partial charge in [0.05, 0.1) is 19.6 Å². The molecule has 0 unspecified atom stereocenters. The van der Waals surface area contributed by atoms with Gasteiger partial charge in [0, 0.05) is 0 Å². The van der Waals surface area contributed by atoms with E-state index >= 15 is 0 Å². The Balaban J connectivity index is 1.59. The van der Waals surface area contributed by atoms with Gasteiger partial charge in [0.1, 0.15) is 18.1 Å². The first-order valence-electron chi connectivity index (χ1n) is 7.95. The summed E-state index contributed by atoms with van der Waals surface area (Å²) in [7, 11) is 0. The molecule has 1 N–H and O–H groups in total. The number of aryl methyl sites for hydroxylation is 1. The van der Waals surface area contributed by atoms with E-state index in [1.165, 1.54) is 5.56 Å². The lowest BCUT2D eigenvalue weighted by atomic mass is 10.1. The van der Waals surface area contributed by atoms with Crippen molar-refractivity contribution < 1.29 is 14.3 Å². The first kappa shape index (κ1) is 16.9. The van der Waals surface area contributed by atoms with E-state index in [1.807, 2.05) is 48.5 Å². The van der Waals surface area contributed by atoms with Crippen LogP contribution in [0.25, 0.3) is 0 Å². The summed E-state index contributed by atoms with van der Waals surface area (Å²) in [4.78, 5) is 11.7. The van der Waals surface area contributed by atoms with Crippen LogP contribution in [0.3, 0.4) is 0 Å². The van der Waals surface area contributed by atoms with E-state index in [0.717, 1.165) is 17.9 Å². The van der Waals surface area contributed by atoms with Gasteiger partial charge in [0.2, 0.25) is 5.91 Å². The molecule has 4 heteroatoms. The Labute approximate surface area is 137 Å². The minimum atomic E-state index is -0.0340. The summed E-state index contributed by atoms with van der Waals surface area (Å²) in [5, 5.41) is 2.83. The van der Waals surface area contributed by atoms with Crippen molar-refractivity contribution in [3.05, 3.63) is 60.2 Å². The zero-order valence-electron chi connectivity index (χ0n) is 13.5. The molecule has 0 heterocycles. The highest BCUT2D eigenvalue weighted by Crippen LogP contribution is 2.17. The summed E-state index contributed by atoms with van der Waals surface area (Å²) >= 11 is 0. The van der Waals surface area contributed by atoms with Crippen LogP contribution in [-0.4, -0.2) is 25.7 Å². The van der Waals surface area contributed by atoms with Crippen molar-refractivity contribution in [1.82, 2.24) is 5.32 Å². The first-order chi connectivity index (χ1) is 11.3. The summed E-state index contributed by atoms with van der Waals surface area (Å²) in [6.07, 6.45) is 1.26. The third-order valence-corrected chi connectivity index (χ3v) is 3.38. The summed E-state index contributed by atoms with van der Waals surface area (Å²) in [6.45, 7) is 3.41. The van der Waals surface area contributed by atoms with Crippen LogP contribution in [0.1, 0.15) is 18.9 Å². The molecule has 0 spiro atoms. The number of ether oxygens (including phenoxy) is 2. The van der Waals surface area contributed by atoms with Crippen LogP contribution in [0, 0.1) is 0 Å². The van der Waals surface area contributed by atoms with Gasteiger partial charge in [-0.3, -0.25) is 4.79 Å². The average Bonchev–Trinajstić information content (AvgIpc) is 2.60. The van der Waals surface area contributed by atoms with E-state index in [0.29, 0.717) is 26.2 Å². The van der Waals surface area contributed by atoms with Crippen molar-refractivity contribution in [1.29, 1.82) is 0 Å². The third kappa shape index (κ3) is 6.02. The fourth-order valence-corrected chi connectivity index (χ4v) is 2.15. The van der Waals surface area contributed by atoms with Gasteiger partial charge in [-0.05, 0) is 30.2 Å². The zero-order valence-corrected chi connectivity index (χ0v) is 13.5. The smallest absolute Gasteiger partial charge is 0.223 e. The predicted molar refractivity (Wildman–Crippen MR) is 90.9 cm³/mol. The predicted octanol–water partition coefficient (Wildman–Crippen LogP) is 3.21. The number of carbonyl (C=O) groups excluding carboxylic acids is 1.